The number of aromatic nitrogens is 1. The Labute approximate surface area is 113 Å². The highest BCUT2D eigenvalue weighted by Crippen LogP contribution is 2.18. The van der Waals surface area contributed by atoms with Gasteiger partial charge in [-0.25, -0.2) is 0 Å². The summed E-state index contributed by atoms with van der Waals surface area (Å²) in [4.78, 5) is 16.9. The van der Waals surface area contributed by atoms with Crippen LogP contribution in [0.1, 0.15) is 16.1 Å². The van der Waals surface area contributed by atoms with Gasteiger partial charge in [0.1, 0.15) is 5.75 Å². The Bertz CT molecular complexity index is 535. The summed E-state index contributed by atoms with van der Waals surface area (Å²) in [5.41, 5.74) is 1.72. The molecule has 0 fully saturated rings. The van der Waals surface area contributed by atoms with Gasteiger partial charge in [0.05, 0.1) is 19.3 Å². The summed E-state index contributed by atoms with van der Waals surface area (Å²) in [6.07, 6.45) is 1.76. The quantitative estimate of drug-likeness (QED) is 0.809. The molecule has 0 saturated carbocycles. The Hall–Kier alpha value is -2.07. The van der Waals surface area contributed by atoms with Crippen LogP contribution in [0.5, 0.6) is 5.75 Å². The average Bonchev–Trinajstić information content (AvgIpc) is 2.93. The minimum absolute atomic E-state index is 0.0856. The number of H-pyrrole nitrogens is 1. The van der Waals surface area contributed by atoms with E-state index in [1.54, 1.807) is 19.4 Å². The molecule has 0 radical (unpaired) electrons. The van der Waals surface area contributed by atoms with Crippen LogP contribution in [0.25, 0.3) is 0 Å². The third-order valence-electron chi connectivity index (χ3n) is 2.94. The molecule has 0 aliphatic heterocycles. The van der Waals surface area contributed by atoms with Gasteiger partial charge in [-0.2, -0.15) is 0 Å². The molecule has 0 aliphatic rings. The summed E-state index contributed by atoms with van der Waals surface area (Å²) in [6.45, 7) is 1.05. The molecule has 4 heteroatoms. The number of carbonyl (C=O) groups excluding carboxylic acids is 1. The Morgan fingerprint density at radius 3 is 2.74 bits per heavy atom. The zero-order valence-corrected chi connectivity index (χ0v) is 11.2. The number of ketones is 1. The Morgan fingerprint density at radius 2 is 2.05 bits per heavy atom. The van der Waals surface area contributed by atoms with Crippen LogP contribution in [0.4, 0.5) is 0 Å². The number of ether oxygens (including phenoxy) is 1. The SMILES string of the molecule is COc1ccccc1CN(C)CC(=O)c1ccc[nH]1. The van der Waals surface area contributed by atoms with Crippen molar-refractivity contribution in [3.05, 3.63) is 53.9 Å². The molecule has 0 amide bonds. The number of carbonyl (C=O) groups is 1. The van der Waals surface area contributed by atoms with Crippen molar-refractivity contribution in [3.63, 3.8) is 0 Å². The Kier molecular flexibility index (Phi) is 4.36. The summed E-state index contributed by atoms with van der Waals surface area (Å²) in [7, 11) is 3.58. The van der Waals surface area contributed by atoms with Gasteiger partial charge in [0.15, 0.2) is 5.78 Å². The molecule has 0 spiro atoms. The van der Waals surface area contributed by atoms with Gasteiger partial charge in [-0.15, -0.1) is 0 Å². The number of para-hydroxylation sites is 1. The monoisotopic (exact) mass is 258 g/mol. The molecule has 0 bridgehead atoms. The lowest BCUT2D eigenvalue weighted by atomic mass is 10.2. The smallest absolute Gasteiger partial charge is 0.192 e. The summed E-state index contributed by atoms with van der Waals surface area (Å²) < 4.78 is 5.31. The second-order valence-electron chi connectivity index (χ2n) is 4.49. The predicted octanol–water partition coefficient (Wildman–Crippen LogP) is 2.34. The molecule has 2 rings (SSSR count). The van der Waals surface area contributed by atoms with Crippen LogP contribution in [0.3, 0.4) is 0 Å². The van der Waals surface area contributed by atoms with Crippen LogP contribution >= 0.6 is 0 Å². The molecule has 0 atom stereocenters. The summed E-state index contributed by atoms with van der Waals surface area (Å²) in [6, 6.07) is 11.5. The number of benzene rings is 1. The molecule has 0 aliphatic carbocycles. The van der Waals surface area contributed by atoms with Gasteiger partial charge in [-0.1, -0.05) is 18.2 Å². The number of likely N-dealkylation sites (N-methyl/N-ethyl adjacent to an activating group) is 1. The third-order valence-corrected chi connectivity index (χ3v) is 2.94. The van der Waals surface area contributed by atoms with Gasteiger partial charge in [0.2, 0.25) is 0 Å². The normalized spacial score (nSPS) is 10.7. The minimum Gasteiger partial charge on any atom is -0.496 e. The van der Waals surface area contributed by atoms with Crippen molar-refractivity contribution in [1.29, 1.82) is 0 Å². The van der Waals surface area contributed by atoms with Crippen LogP contribution in [-0.2, 0) is 6.54 Å². The second-order valence-corrected chi connectivity index (χ2v) is 4.49. The average molecular weight is 258 g/mol. The van der Waals surface area contributed by atoms with E-state index in [4.69, 9.17) is 4.74 Å². The predicted molar refractivity (Wildman–Crippen MR) is 74.5 cm³/mol. The lowest BCUT2D eigenvalue weighted by Crippen LogP contribution is -2.26. The highest BCUT2D eigenvalue weighted by Gasteiger charge is 2.11. The van der Waals surface area contributed by atoms with Crippen molar-refractivity contribution in [1.82, 2.24) is 9.88 Å². The lowest BCUT2D eigenvalue weighted by Gasteiger charge is -2.17. The van der Waals surface area contributed by atoms with Crippen LogP contribution < -0.4 is 4.74 Å². The first kappa shape index (κ1) is 13.4. The number of rotatable bonds is 6. The highest BCUT2D eigenvalue weighted by atomic mass is 16.5. The molecule has 1 aromatic heterocycles. The van der Waals surface area contributed by atoms with Crippen molar-refractivity contribution in [2.45, 2.75) is 6.54 Å². The largest absolute Gasteiger partial charge is 0.496 e. The molecule has 0 saturated heterocycles. The van der Waals surface area contributed by atoms with Gasteiger partial charge in [-0.05, 0) is 25.2 Å². The number of nitrogens with one attached hydrogen (secondary N) is 1. The van der Waals surface area contributed by atoms with Crippen LogP contribution in [-0.4, -0.2) is 36.4 Å². The van der Waals surface area contributed by atoms with E-state index in [0.29, 0.717) is 18.8 Å². The molecule has 0 unspecified atom stereocenters. The fraction of sp³-hybridized carbons (Fsp3) is 0.267. The Morgan fingerprint density at radius 1 is 1.26 bits per heavy atom. The number of aromatic amines is 1. The van der Waals surface area contributed by atoms with E-state index in [1.807, 2.05) is 42.3 Å². The fourth-order valence-corrected chi connectivity index (χ4v) is 2.01. The van der Waals surface area contributed by atoms with E-state index in [2.05, 4.69) is 4.98 Å². The summed E-state index contributed by atoms with van der Waals surface area (Å²) >= 11 is 0. The standard InChI is InChI=1S/C15H18N2O2/c1-17(11-14(18)13-7-5-9-16-13)10-12-6-3-4-8-15(12)19-2/h3-9,16H,10-11H2,1-2H3. The first-order chi connectivity index (χ1) is 9.20. The highest BCUT2D eigenvalue weighted by molar-refractivity contribution is 5.95. The molecule has 1 heterocycles. The molecule has 4 nitrogen and oxygen atoms in total. The summed E-state index contributed by atoms with van der Waals surface area (Å²) in [5.74, 6) is 0.934. The van der Waals surface area contributed by atoms with Crippen molar-refractivity contribution >= 4 is 5.78 Å². The minimum atomic E-state index is 0.0856. The van der Waals surface area contributed by atoms with Gasteiger partial charge in [0, 0.05) is 18.3 Å². The summed E-state index contributed by atoms with van der Waals surface area (Å²) in [5, 5.41) is 0. The molecule has 100 valence electrons. The first-order valence-corrected chi connectivity index (χ1v) is 6.17. The number of hydrogen-bond donors (Lipinski definition) is 1. The van der Waals surface area contributed by atoms with E-state index in [9.17, 15) is 4.79 Å². The second kappa shape index (κ2) is 6.20. The number of Topliss-reactive ketones (excluding diaryl/α,β-unsaturated/α-hetero) is 1. The van der Waals surface area contributed by atoms with Gasteiger partial charge < -0.3 is 9.72 Å². The van der Waals surface area contributed by atoms with Gasteiger partial charge >= 0.3 is 0 Å². The molecular weight excluding hydrogens is 240 g/mol. The number of nitrogens with zero attached hydrogens (tertiary/aromatic N) is 1. The van der Waals surface area contributed by atoms with Crippen molar-refractivity contribution in [2.24, 2.45) is 0 Å². The first-order valence-electron chi connectivity index (χ1n) is 6.17. The van der Waals surface area contributed by atoms with Crippen LogP contribution in [0.15, 0.2) is 42.6 Å². The van der Waals surface area contributed by atoms with E-state index in [1.165, 1.54) is 0 Å². The van der Waals surface area contributed by atoms with Crippen molar-refractivity contribution in [3.8, 4) is 5.75 Å². The molecule has 19 heavy (non-hydrogen) atoms. The molecule has 1 N–H and O–H groups in total. The molecule has 2 aromatic rings. The van der Waals surface area contributed by atoms with Crippen molar-refractivity contribution in [2.75, 3.05) is 20.7 Å². The lowest BCUT2D eigenvalue weighted by molar-refractivity contribution is 0.0938. The van der Waals surface area contributed by atoms with Gasteiger partial charge in [-0.3, -0.25) is 9.69 Å². The molecule has 1 aromatic carbocycles. The zero-order valence-electron chi connectivity index (χ0n) is 11.2. The number of methoxy groups -OCH3 is 1. The van der Waals surface area contributed by atoms with Crippen molar-refractivity contribution < 1.29 is 9.53 Å². The number of hydrogen-bond acceptors (Lipinski definition) is 3. The maximum Gasteiger partial charge on any atom is 0.192 e. The molecular formula is C15H18N2O2. The van der Waals surface area contributed by atoms with E-state index in [-0.39, 0.29) is 5.78 Å². The van der Waals surface area contributed by atoms with E-state index < -0.39 is 0 Å². The van der Waals surface area contributed by atoms with Gasteiger partial charge in [0.25, 0.3) is 0 Å². The fourth-order valence-electron chi connectivity index (χ4n) is 2.01. The van der Waals surface area contributed by atoms with E-state index in [0.717, 1.165) is 11.3 Å². The third kappa shape index (κ3) is 3.45. The van der Waals surface area contributed by atoms with Crippen LogP contribution in [0, 0.1) is 0 Å². The maximum atomic E-state index is 12.0. The maximum absolute atomic E-state index is 12.0. The van der Waals surface area contributed by atoms with E-state index >= 15 is 0 Å². The van der Waals surface area contributed by atoms with Crippen LogP contribution in [0.2, 0.25) is 0 Å². The topological polar surface area (TPSA) is 45.3 Å². The zero-order chi connectivity index (χ0) is 13.7. The Balaban J connectivity index is 1.97.